The molecule has 1 unspecified atom stereocenters. The van der Waals surface area contributed by atoms with Crippen LogP contribution in [-0.2, 0) is 0 Å². The van der Waals surface area contributed by atoms with Crippen molar-refractivity contribution in [3.05, 3.63) is 23.9 Å². The van der Waals surface area contributed by atoms with Crippen LogP contribution in [0.1, 0.15) is 11.7 Å². The fourth-order valence-electron chi connectivity index (χ4n) is 1.54. The minimum absolute atomic E-state index is 0.125. The summed E-state index contributed by atoms with van der Waals surface area (Å²) >= 11 is 0. The van der Waals surface area contributed by atoms with Gasteiger partial charge in [-0.3, -0.25) is 0 Å². The number of β-amino-alcohol motifs (C(OH)–C–C–N with tert-alkyl or cyclic N) is 1. The van der Waals surface area contributed by atoms with E-state index in [9.17, 15) is 13.2 Å². The first-order chi connectivity index (χ1) is 7.58. The minimum atomic E-state index is -3.03. The standard InChI is InChI=1S/C10H11F3N2O/c11-9(10(12)13)6-1-2-8(14-3-6)15-4-7(16)5-15/h1-3,7,9-10,16H,4-5H2. The number of rotatable bonds is 3. The summed E-state index contributed by atoms with van der Waals surface area (Å²) in [7, 11) is 0. The van der Waals surface area contributed by atoms with Crippen molar-refractivity contribution in [2.24, 2.45) is 0 Å². The van der Waals surface area contributed by atoms with Crippen LogP contribution in [0.4, 0.5) is 19.0 Å². The van der Waals surface area contributed by atoms with Gasteiger partial charge in [-0.2, -0.15) is 0 Å². The van der Waals surface area contributed by atoms with Gasteiger partial charge >= 0.3 is 0 Å². The van der Waals surface area contributed by atoms with E-state index >= 15 is 0 Å². The Kier molecular flexibility index (Phi) is 3.00. The molecule has 0 aromatic carbocycles. The van der Waals surface area contributed by atoms with Gasteiger partial charge in [0.05, 0.1) is 6.10 Å². The molecule has 88 valence electrons. The molecule has 1 N–H and O–H groups in total. The molecule has 2 rings (SSSR count). The third-order valence-corrected chi connectivity index (χ3v) is 2.50. The van der Waals surface area contributed by atoms with E-state index in [2.05, 4.69) is 4.98 Å². The molecule has 0 amide bonds. The van der Waals surface area contributed by atoms with E-state index in [-0.39, 0.29) is 11.7 Å². The summed E-state index contributed by atoms with van der Waals surface area (Å²) < 4.78 is 37.0. The van der Waals surface area contributed by atoms with Crippen LogP contribution in [-0.4, -0.2) is 35.7 Å². The number of nitrogens with zero attached hydrogens (tertiary/aromatic N) is 2. The van der Waals surface area contributed by atoms with E-state index in [1.165, 1.54) is 12.1 Å². The maximum Gasteiger partial charge on any atom is 0.273 e. The van der Waals surface area contributed by atoms with Gasteiger partial charge in [-0.25, -0.2) is 18.2 Å². The molecule has 16 heavy (non-hydrogen) atoms. The fraction of sp³-hybridized carbons (Fsp3) is 0.500. The fourth-order valence-corrected chi connectivity index (χ4v) is 1.54. The van der Waals surface area contributed by atoms with Gasteiger partial charge in [0.15, 0.2) is 6.17 Å². The molecule has 3 nitrogen and oxygen atoms in total. The number of aliphatic hydroxyl groups is 1. The molecular weight excluding hydrogens is 221 g/mol. The van der Waals surface area contributed by atoms with Gasteiger partial charge in [0.2, 0.25) is 0 Å². The lowest BCUT2D eigenvalue weighted by molar-refractivity contribution is 0.0494. The maximum atomic E-state index is 12.9. The van der Waals surface area contributed by atoms with E-state index in [4.69, 9.17) is 5.11 Å². The van der Waals surface area contributed by atoms with Crippen LogP contribution in [0.25, 0.3) is 0 Å². The lowest BCUT2D eigenvalue weighted by Gasteiger charge is -2.36. The minimum Gasteiger partial charge on any atom is -0.389 e. The molecule has 0 aliphatic carbocycles. The second kappa shape index (κ2) is 4.29. The number of pyridine rings is 1. The van der Waals surface area contributed by atoms with Gasteiger partial charge in [-0.1, -0.05) is 6.07 Å². The summed E-state index contributed by atoms with van der Waals surface area (Å²) in [5, 5.41) is 9.07. The van der Waals surface area contributed by atoms with E-state index < -0.39 is 12.6 Å². The van der Waals surface area contributed by atoms with E-state index in [0.29, 0.717) is 18.9 Å². The topological polar surface area (TPSA) is 36.4 Å². The van der Waals surface area contributed by atoms with E-state index in [1.807, 2.05) is 0 Å². The smallest absolute Gasteiger partial charge is 0.273 e. The summed E-state index contributed by atoms with van der Waals surface area (Å²) in [5.74, 6) is 0.565. The van der Waals surface area contributed by atoms with Crippen molar-refractivity contribution in [3.63, 3.8) is 0 Å². The van der Waals surface area contributed by atoms with Gasteiger partial charge in [-0.05, 0) is 6.07 Å². The Labute approximate surface area is 90.5 Å². The summed E-state index contributed by atoms with van der Waals surface area (Å²) in [6.07, 6.45) is -4.57. The molecular formula is C10H11F3N2O. The monoisotopic (exact) mass is 232 g/mol. The van der Waals surface area contributed by atoms with Crippen molar-refractivity contribution < 1.29 is 18.3 Å². The van der Waals surface area contributed by atoms with Gasteiger partial charge in [-0.15, -0.1) is 0 Å². The number of anilines is 1. The Morgan fingerprint density at radius 2 is 2.00 bits per heavy atom. The number of aromatic nitrogens is 1. The van der Waals surface area contributed by atoms with E-state index in [0.717, 1.165) is 6.20 Å². The summed E-state index contributed by atoms with van der Waals surface area (Å²) in [6, 6.07) is 2.78. The third kappa shape index (κ3) is 2.11. The summed E-state index contributed by atoms with van der Waals surface area (Å²) in [4.78, 5) is 5.66. The molecule has 1 saturated heterocycles. The Balaban J connectivity index is 2.05. The Morgan fingerprint density at radius 3 is 2.44 bits per heavy atom. The second-order valence-electron chi connectivity index (χ2n) is 3.74. The van der Waals surface area contributed by atoms with Crippen molar-refractivity contribution in [1.29, 1.82) is 0 Å². The van der Waals surface area contributed by atoms with Crippen LogP contribution in [0.3, 0.4) is 0 Å². The molecule has 2 heterocycles. The molecule has 1 atom stereocenters. The molecule has 0 spiro atoms. The molecule has 0 radical (unpaired) electrons. The molecule has 0 saturated carbocycles. The van der Waals surface area contributed by atoms with Gasteiger partial charge in [0.25, 0.3) is 6.43 Å². The van der Waals surface area contributed by atoms with Gasteiger partial charge < -0.3 is 10.0 Å². The first kappa shape index (κ1) is 11.2. The lowest BCUT2D eigenvalue weighted by atomic mass is 10.1. The lowest BCUT2D eigenvalue weighted by Crippen LogP contribution is -2.51. The highest BCUT2D eigenvalue weighted by Crippen LogP contribution is 2.26. The zero-order valence-corrected chi connectivity index (χ0v) is 8.35. The van der Waals surface area contributed by atoms with Crippen molar-refractivity contribution >= 4 is 5.82 Å². The number of hydrogen-bond acceptors (Lipinski definition) is 3. The Bertz CT molecular complexity index is 352. The van der Waals surface area contributed by atoms with Crippen molar-refractivity contribution in [1.82, 2.24) is 4.98 Å². The van der Waals surface area contributed by atoms with Crippen LogP contribution in [0.2, 0.25) is 0 Å². The molecule has 1 aromatic rings. The van der Waals surface area contributed by atoms with Crippen molar-refractivity contribution in [2.75, 3.05) is 18.0 Å². The first-order valence-corrected chi connectivity index (χ1v) is 4.89. The predicted molar refractivity (Wildman–Crippen MR) is 52.3 cm³/mol. The second-order valence-corrected chi connectivity index (χ2v) is 3.74. The average molecular weight is 232 g/mol. The van der Waals surface area contributed by atoms with Crippen LogP contribution >= 0.6 is 0 Å². The molecule has 0 bridgehead atoms. The highest BCUT2D eigenvalue weighted by atomic mass is 19.3. The zero-order valence-electron chi connectivity index (χ0n) is 8.35. The number of aliphatic hydroxyl groups excluding tert-OH is 1. The Morgan fingerprint density at radius 1 is 1.31 bits per heavy atom. The number of hydrogen-bond donors (Lipinski definition) is 1. The molecule has 6 heteroatoms. The predicted octanol–water partition coefficient (Wildman–Crippen LogP) is 1.54. The van der Waals surface area contributed by atoms with Gasteiger partial charge in [0, 0.05) is 24.8 Å². The zero-order chi connectivity index (χ0) is 11.7. The van der Waals surface area contributed by atoms with Crippen molar-refractivity contribution in [2.45, 2.75) is 18.7 Å². The normalized spacial score (nSPS) is 18.7. The van der Waals surface area contributed by atoms with Crippen LogP contribution in [0, 0.1) is 0 Å². The highest BCUT2D eigenvalue weighted by Gasteiger charge is 2.26. The number of halogens is 3. The number of alkyl halides is 3. The molecule has 1 fully saturated rings. The highest BCUT2D eigenvalue weighted by molar-refractivity contribution is 5.42. The molecule has 1 aliphatic rings. The average Bonchev–Trinajstić information content (AvgIpc) is 2.24. The molecule has 1 aliphatic heterocycles. The van der Waals surface area contributed by atoms with Crippen molar-refractivity contribution in [3.8, 4) is 0 Å². The summed E-state index contributed by atoms with van der Waals surface area (Å²) in [5.41, 5.74) is -0.125. The molecule has 1 aromatic heterocycles. The van der Waals surface area contributed by atoms with Crippen LogP contribution < -0.4 is 4.90 Å². The quantitative estimate of drug-likeness (QED) is 0.858. The largest absolute Gasteiger partial charge is 0.389 e. The summed E-state index contributed by atoms with van der Waals surface area (Å²) in [6.45, 7) is 0.945. The van der Waals surface area contributed by atoms with Crippen LogP contribution in [0.15, 0.2) is 18.3 Å². The van der Waals surface area contributed by atoms with Crippen LogP contribution in [0.5, 0.6) is 0 Å². The Hall–Kier alpha value is -1.30. The maximum absolute atomic E-state index is 12.9. The van der Waals surface area contributed by atoms with E-state index in [1.54, 1.807) is 4.90 Å². The SMILES string of the molecule is OC1CN(c2ccc(C(F)C(F)F)cn2)C1. The first-order valence-electron chi connectivity index (χ1n) is 4.89. The third-order valence-electron chi connectivity index (χ3n) is 2.50. The van der Waals surface area contributed by atoms with Gasteiger partial charge in [0.1, 0.15) is 5.82 Å².